The molecule has 84 valence electrons. The predicted octanol–water partition coefficient (Wildman–Crippen LogP) is 2.89. The first-order valence-electron chi connectivity index (χ1n) is 4.67. The second-order valence-electron chi connectivity index (χ2n) is 3.10. The van der Waals surface area contributed by atoms with E-state index in [0.717, 1.165) is 6.07 Å². The van der Waals surface area contributed by atoms with Gasteiger partial charge < -0.3 is 9.15 Å². The molecule has 1 heterocycles. The summed E-state index contributed by atoms with van der Waals surface area (Å²) >= 11 is 0. The lowest BCUT2D eigenvalue weighted by molar-refractivity contribution is 0.0516. The first-order valence-corrected chi connectivity index (χ1v) is 4.67. The number of benzene rings is 1. The number of hydrogen-bond donors (Lipinski definition) is 0. The highest BCUT2D eigenvalue weighted by Gasteiger charge is 2.22. The summed E-state index contributed by atoms with van der Waals surface area (Å²) in [5.41, 5.74) is -0.626. The number of rotatable bonds is 2. The van der Waals surface area contributed by atoms with E-state index in [1.54, 1.807) is 6.92 Å². The molecule has 3 nitrogen and oxygen atoms in total. The Hall–Kier alpha value is -1.91. The molecule has 0 saturated heterocycles. The molecule has 0 spiro atoms. The third-order valence-corrected chi connectivity index (χ3v) is 2.13. The van der Waals surface area contributed by atoms with E-state index in [-0.39, 0.29) is 17.6 Å². The maximum absolute atomic E-state index is 13.7. The van der Waals surface area contributed by atoms with E-state index in [0.29, 0.717) is 0 Å². The number of carbonyl (C=O) groups is 1. The van der Waals surface area contributed by atoms with Gasteiger partial charge >= 0.3 is 5.97 Å². The van der Waals surface area contributed by atoms with E-state index in [1.807, 2.05) is 0 Å². The standard InChI is InChI=1S/C11H8F2O3/c1-2-15-11(14)9-7(12)5-8-6(10(9)13)3-4-16-8/h3-5H,2H2,1H3. The van der Waals surface area contributed by atoms with Gasteiger partial charge in [-0.1, -0.05) is 0 Å². The van der Waals surface area contributed by atoms with Crippen molar-refractivity contribution in [3.63, 3.8) is 0 Å². The number of carbonyl (C=O) groups excluding carboxylic acids is 1. The number of ether oxygens (including phenoxy) is 1. The molecule has 2 aromatic rings. The van der Waals surface area contributed by atoms with Crippen molar-refractivity contribution in [3.8, 4) is 0 Å². The summed E-state index contributed by atoms with van der Waals surface area (Å²) in [6, 6.07) is 2.29. The zero-order chi connectivity index (χ0) is 11.7. The molecular weight excluding hydrogens is 218 g/mol. The first kappa shape index (κ1) is 10.6. The monoisotopic (exact) mass is 226 g/mol. The molecule has 0 radical (unpaired) electrons. The summed E-state index contributed by atoms with van der Waals surface area (Å²) in [7, 11) is 0. The second-order valence-corrected chi connectivity index (χ2v) is 3.10. The van der Waals surface area contributed by atoms with Crippen molar-refractivity contribution in [2.24, 2.45) is 0 Å². The Morgan fingerprint density at radius 2 is 2.25 bits per heavy atom. The quantitative estimate of drug-likeness (QED) is 0.739. The highest BCUT2D eigenvalue weighted by molar-refractivity contribution is 5.95. The van der Waals surface area contributed by atoms with Gasteiger partial charge in [-0.2, -0.15) is 0 Å². The van der Waals surface area contributed by atoms with Crippen LogP contribution in [0.3, 0.4) is 0 Å². The Labute approximate surface area is 89.6 Å². The lowest BCUT2D eigenvalue weighted by Crippen LogP contribution is -2.10. The highest BCUT2D eigenvalue weighted by atomic mass is 19.1. The molecule has 1 aromatic heterocycles. The van der Waals surface area contributed by atoms with Crippen LogP contribution in [-0.4, -0.2) is 12.6 Å². The molecule has 0 aliphatic heterocycles. The fourth-order valence-electron chi connectivity index (χ4n) is 1.43. The highest BCUT2D eigenvalue weighted by Crippen LogP contribution is 2.25. The maximum Gasteiger partial charge on any atom is 0.344 e. The smallest absolute Gasteiger partial charge is 0.344 e. The van der Waals surface area contributed by atoms with E-state index < -0.39 is 23.2 Å². The van der Waals surface area contributed by atoms with Crippen molar-refractivity contribution in [3.05, 3.63) is 35.6 Å². The first-order chi connectivity index (χ1) is 7.65. The number of furan rings is 1. The van der Waals surface area contributed by atoms with Gasteiger partial charge in [0.15, 0.2) is 5.82 Å². The summed E-state index contributed by atoms with van der Waals surface area (Å²) in [4.78, 5) is 11.3. The topological polar surface area (TPSA) is 39.4 Å². The summed E-state index contributed by atoms with van der Waals surface area (Å²) in [6.07, 6.45) is 1.22. The lowest BCUT2D eigenvalue weighted by Gasteiger charge is -2.04. The van der Waals surface area contributed by atoms with Crippen molar-refractivity contribution < 1.29 is 22.7 Å². The van der Waals surface area contributed by atoms with E-state index in [9.17, 15) is 13.6 Å². The van der Waals surface area contributed by atoms with E-state index >= 15 is 0 Å². The molecule has 1 aromatic carbocycles. The van der Waals surface area contributed by atoms with Crippen LogP contribution >= 0.6 is 0 Å². The predicted molar refractivity (Wildman–Crippen MR) is 52.1 cm³/mol. The summed E-state index contributed by atoms with van der Waals surface area (Å²) < 4.78 is 36.6. The molecule has 5 heteroatoms. The van der Waals surface area contributed by atoms with Gasteiger partial charge in [0.2, 0.25) is 0 Å². The summed E-state index contributed by atoms with van der Waals surface area (Å²) in [5.74, 6) is -2.96. The molecule has 2 rings (SSSR count). The second kappa shape index (κ2) is 3.92. The van der Waals surface area contributed by atoms with Crippen LogP contribution in [-0.2, 0) is 4.74 Å². The number of halogens is 2. The molecule has 0 N–H and O–H groups in total. The van der Waals surface area contributed by atoms with Gasteiger partial charge in [0.1, 0.15) is 17.0 Å². The van der Waals surface area contributed by atoms with Crippen LogP contribution in [0.2, 0.25) is 0 Å². The van der Waals surface area contributed by atoms with Crippen LogP contribution in [0.5, 0.6) is 0 Å². The van der Waals surface area contributed by atoms with Crippen LogP contribution in [0, 0.1) is 11.6 Å². The van der Waals surface area contributed by atoms with Crippen LogP contribution < -0.4 is 0 Å². The average molecular weight is 226 g/mol. The molecule has 0 saturated carbocycles. The number of fused-ring (bicyclic) bond motifs is 1. The Morgan fingerprint density at radius 3 is 2.94 bits per heavy atom. The van der Waals surface area contributed by atoms with Crippen molar-refractivity contribution in [1.82, 2.24) is 0 Å². The third kappa shape index (κ3) is 1.54. The Bertz CT molecular complexity index is 545. The maximum atomic E-state index is 13.7. The van der Waals surface area contributed by atoms with Gasteiger partial charge in [0, 0.05) is 6.07 Å². The van der Waals surface area contributed by atoms with E-state index in [4.69, 9.17) is 4.42 Å². The fourth-order valence-corrected chi connectivity index (χ4v) is 1.43. The molecule has 0 aliphatic carbocycles. The van der Waals surface area contributed by atoms with Crippen molar-refractivity contribution >= 4 is 16.9 Å². The van der Waals surface area contributed by atoms with Crippen molar-refractivity contribution in [1.29, 1.82) is 0 Å². The van der Waals surface area contributed by atoms with Crippen LogP contribution in [0.15, 0.2) is 22.8 Å². The fraction of sp³-hybridized carbons (Fsp3) is 0.182. The minimum Gasteiger partial charge on any atom is -0.464 e. The van der Waals surface area contributed by atoms with Crippen molar-refractivity contribution in [2.45, 2.75) is 6.92 Å². The summed E-state index contributed by atoms with van der Waals surface area (Å²) in [5, 5.41) is 0.0597. The van der Waals surface area contributed by atoms with Gasteiger partial charge in [0.25, 0.3) is 0 Å². The van der Waals surface area contributed by atoms with Crippen LogP contribution in [0.4, 0.5) is 8.78 Å². The largest absolute Gasteiger partial charge is 0.464 e. The van der Waals surface area contributed by atoms with Crippen LogP contribution in [0.1, 0.15) is 17.3 Å². The Kier molecular flexibility index (Phi) is 2.60. The van der Waals surface area contributed by atoms with E-state index in [2.05, 4.69) is 4.74 Å². The van der Waals surface area contributed by atoms with Gasteiger partial charge in [-0.25, -0.2) is 13.6 Å². The van der Waals surface area contributed by atoms with Gasteiger partial charge in [0.05, 0.1) is 18.3 Å². The third-order valence-electron chi connectivity index (χ3n) is 2.13. The van der Waals surface area contributed by atoms with Gasteiger partial charge in [-0.05, 0) is 13.0 Å². The molecule has 16 heavy (non-hydrogen) atoms. The molecule has 0 unspecified atom stereocenters. The van der Waals surface area contributed by atoms with E-state index in [1.165, 1.54) is 12.3 Å². The molecule has 0 aliphatic rings. The average Bonchev–Trinajstić information content (AvgIpc) is 2.66. The lowest BCUT2D eigenvalue weighted by atomic mass is 10.1. The van der Waals surface area contributed by atoms with Gasteiger partial charge in [-0.3, -0.25) is 0 Å². The molecule has 0 amide bonds. The minimum absolute atomic E-state index is 0.0567. The Balaban J connectivity index is 2.63. The minimum atomic E-state index is -1.01. The normalized spacial score (nSPS) is 10.7. The van der Waals surface area contributed by atoms with Crippen LogP contribution in [0.25, 0.3) is 11.0 Å². The number of hydrogen-bond acceptors (Lipinski definition) is 3. The summed E-state index contributed by atoms with van der Waals surface area (Å²) in [6.45, 7) is 1.62. The van der Waals surface area contributed by atoms with Gasteiger partial charge in [-0.15, -0.1) is 0 Å². The molecule has 0 bridgehead atoms. The number of esters is 1. The molecule has 0 fully saturated rings. The SMILES string of the molecule is CCOC(=O)c1c(F)cc2occc2c1F. The Morgan fingerprint density at radius 1 is 1.50 bits per heavy atom. The molecular formula is C11H8F2O3. The molecule has 0 atom stereocenters. The zero-order valence-electron chi connectivity index (χ0n) is 8.42. The zero-order valence-corrected chi connectivity index (χ0v) is 8.42. The van der Waals surface area contributed by atoms with Crippen molar-refractivity contribution in [2.75, 3.05) is 6.61 Å².